The summed E-state index contributed by atoms with van der Waals surface area (Å²) in [7, 11) is 0. The van der Waals surface area contributed by atoms with Crippen LogP contribution in [0.15, 0.2) is 0 Å². The SMILES string of the molecule is CCCCCN(CCCCC)CCC[C@@H](C)[C@H]1CC[C@H]2C3[C@H](OCCCN)CC4C[C@H](OCCCN)CC[C@]4(C)[C@H]3C[C@H](OCCCN)[C@]12C.Cl.Cl.Cl.Cl. The molecule has 4 aliphatic rings. The van der Waals surface area contributed by atoms with Crippen LogP contribution in [0.5, 0.6) is 0 Å². The molecule has 0 bridgehead atoms. The zero-order valence-corrected chi connectivity index (χ0v) is 38.6. The molecule has 0 aromatic rings. The maximum absolute atomic E-state index is 7.09. The second-order valence-corrected chi connectivity index (χ2v) is 17.9. The van der Waals surface area contributed by atoms with E-state index in [1.807, 2.05) is 0 Å². The Morgan fingerprint density at radius 2 is 1.22 bits per heavy atom. The zero-order valence-electron chi connectivity index (χ0n) is 35.3. The van der Waals surface area contributed by atoms with Crippen LogP contribution in [-0.2, 0) is 14.2 Å². The van der Waals surface area contributed by atoms with E-state index in [0.717, 1.165) is 45.5 Å². The Hall–Kier alpha value is 0.880. The Balaban J connectivity index is 0.00000702. The van der Waals surface area contributed by atoms with E-state index < -0.39 is 0 Å². The number of nitrogens with zero attached hydrogens (tertiary/aromatic N) is 1. The Labute approximate surface area is 358 Å². The molecule has 11 atom stereocenters. The second kappa shape index (κ2) is 28.4. The molecule has 11 heteroatoms. The van der Waals surface area contributed by atoms with Crippen LogP contribution in [0.4, 0.5) is 0 Å². The van der Waals surface area contributed by atoms with Crippen LogP contribution in [0.3, 0.4) is 0 Å². The molecule has 326 valence electrons. The predicted octanol–water partition coefficient (Wildman–Crippen LogP) is 9.85. The van der Waals surface area contributed by atoms with E-state index in [2.05, 4.69) is 39.5 Å². The maximum atomic E-state index is 7.09. The van der Waals surface area contributed by atoms with Gasteiger partial charge in [0.05, 0.1) is 18.3 Å². The molecule has 4 fully saturated rings. The topological polar surface area (TPSA) is 109 Å². The molecule has 4 rings (SSSR count). The Kier molecular flexibility index (Phi) is 28.8. The zero-order chi connectivity index (χ0) is 36.0. The highest BCUT2D eigenvalue weighted by Crippen LogP contribution is 2.69. The third-order valence-corrected chi connectivity index (χ3v) is 14.8. The van der Waals surface area contributed by atoms with Crippen molar-refractivity contribution in [2.75, 3.05) is 59.1 Å². The predicted molar refractivity (Wildman–Crippen MR) is 239 cm³/mol. The van der Waals surface area contributed by atoms with Gasteiger partial charge in [0.15, 0.2) is 0 Å². The van der Waals surface area contributed by atoms with Gasteiger partial charge in [-0.25, -0.2) is 0 Å². The average molecular weight is 851 g/mol. The molecule has 0 heterocycles. The van der Waals surface area contributed by atoms with Crippen LogP contribution in [-0.4, -0.2) is 82.3 Å². The van der Waals surface area contributed by atoms with E-state index in [1.165, 1.54) is 110 Å². The molecule has 0 aliphatic heterocycles. The van der Waals surface area contributed by atoms with Crippen molar-refractivity contribution in [3.8, 4) is 0 Å². The molecular weight excluding hydrogens is 762 g/mol. The summed E-state index contributed by atoms with van der Waals surface area (Å²) in [6, 6.07) is 0. The molecular formula is C43H88Cl4N4O3. The molecule has 0 radical (unpaired) electrons. The monoisotopic (exact) mass is 849 g/mol. The van der Waals surface area contributed by atoms with Crippen molar-refractivity contribution < 1.29 is 14.2 Å². The van der Waals surface area contributed by atoms with E-state index in [-0.39, 0.29) is 55.0 Å². The highest BCUT2D eigenvalue weighted by molar-refractivity contribution is 5.86. The van der Waals surface area contributed by atoms with Gasteiger partial charge in [-0.05, 0) is 170 Å². The van der Waals surface area contributed by atoms with Crippen molar-refractivity contribution in [2.24, 2.45) is 63.5 Å². The minimum atomic E-state index is 0. The van der Waals surface area contributed by atoms with Gasteiger partial charge in [-0.2, -0.15) is 0 Å². The molecule has 0 spiro atoms. The Morgan fingerprint density at radius 1 is 0.648 bits per heavy atom. The second-order valence-electron chi connectivity index (χ2n) is 17.9. The van der Waals surface area contributed by atoms with Crippen molar-refractivity contribution in [3.63, 3.8) is 0 Å². The average Bonchev–Trinajstić information content (AvgIpc) is 3.47. The van der Waals surface area contributed by atoms with Gasteiger partial charge in [0, 0.05) is 25.2 Å². The number of hydrogen-bond acceptors (Lipinski definition) is 7. The van der Waals surface area contributed by atoms with Crippen molar-refractivity contribution >= 4 is 49.6 Å². The first-order valence-electron chi connectivity index (χ1n) is 22.0. The van der Waals surface area contributed by atoms with Gasteiger partial charge >= 0.3 is 0 Å². The van der Waals surface area contributed by atoms with Gasteiger partial charge in [0.2, 0.25) is 0 Å². The van der Waals surface area contributed by atoms with Gasteiger partial charge in [0.25, 0.3) is 0 Å². The summed E-state index contributed by atoms with van der Waals surface area (Å²) < 4.78 is 20.5. The molecule has 0 amide bonds. The minimum absolute atomic E-state index is 0. The third-order valence-electron chi connectivity index (χ3n) is 14.8. The molecule has 0 aromatic heterocycles. The summed E-state index contributed by atoms with van der Waals surface area (Å²) in [5.74, 6) is 3.92. The van der Waals surface area contributed by atoms with Crippen molar-refractivity contribution in [1.29, 1.82) is 0 Å². The van der Waals surface area contributed by atoms with Gasteiger partial charge in [-0.1, -0.05) is 60.3 Å². The lowest BCUT2D eigenvalue weighted by Gasteiger charge is -2.65. The van der Waals surface area contributed by atoms with Crippen molar-refractivity contribution in [2.45, 2.75) is 169 Å². The molecule has 54 heavy (non-hydrogen) atoms. The van der Waals surface area contributed by atoms with E-state index in [1.54, 1.807) is 0 Å². The fourth-order valence-electron chi connectivity index (χ4n) is 11.9. The molecule has 6 N–H and O–H groups in total. The lowest BCUT2D eigenvalue weighted by molar-refractivity contribution is -0.227. The number of nitrogens with two attached hydrogens (primary N) is 3. The Morgan fingerprint density at radius 3 is 1.81 bits per heavy atom. The maximum Gasteiger partial charge on any atom is 0.0637 e. The van der Waals surface area contributed by atoms with Crippen LogP contribution in [0.25, 0.3) is 0 Å². The smallest absolute Gasteiger partial charge is 0.0637 e. The minimum Gasteiger partial charge on any atom is -0.378 e. The highest BCUT2D eigenvalue weighted by Gasteiger charge is 2.66. The summed E-state index contributed by atoms with van der Waals surface area (Å²) in [4.78, 5) is 2.79. The number of fused-ring (bicyclic) bond motifs is 5. The fourth-order valence-corrected chi connectivity index (χ4v) is 11.9. The van der Waals surface area contributed by atoms with Crippen LogP contribution in [0.1, 0.15) is 150 Å². The number of halogens is 4. The first-order chi connectivity index (χ1) is 24.3. The largest absolute Gasteiger partial charge is 0.378 e. The lowest BCUT2D eigenvalue weighted by atomic mass is 9.43. The highest BCUT2D eigenvalue weighted by atomic mass is 35.5. The molecule has 0 aromatic carbocycles. The molecule has 7 nitrogen and oxygen atoms in total. The van der Waals surface area contributed by atoms with Gasteiger partial charge < -0.3 is 36.3 Å². The van der Waals surface area contributed by atoms with E-state index in [9.17, 15) is 0 Å². The third kappa shape index (κ3) is 14.0. The molecule has 4 saturated carbocycles. The quantitative estimate of drug-likeness (QED) is 0.0786. The van der Waals surface area contributed by atoms with Crippen molar-refractivity contribution in [1.82, 2.24) is 4.90 Å². The first-order valence-corrected chi connectivity index (χ1v) is 22.0. The lowest BCUT2D eigenvalue weighted by Crippen LogP contribution is -2.63. The van der Waals surface area contributed by atoms with Gasteiger partial charge in [-0.15, -0.1) is 49.6 Å². The standard InChI is InChI=1S/C43H84N4O3.4ClH/c1-6-8-10-24-47(25-11-9-7-2)26-12-16-33(3)36-17-18-37-41-38(32-40(43(36,37)5)50-29-15-23-46)42(4)20-19-35(48-27-13-21-44)30-34(42)31-39(41)49-28-14-22-45;;;;/h33-41H,6-32,44-46H2,1-5H3;4*1H/t33-,34?,35-,36-,37+,38+,39-,40+,41?,42+,43-;;;;/m1..../s1. The van der Waals surface area contributed by atoms with Crippen LogP contribution in [0.2, 0.25) is 0 Å². The first kappa shape index (κ1) is 54.9. The van der Waals surface area contributed by atoms with Crippen LogP contribution in [0, 0.1) is 46.3 Å². The normalized spacial score (nSPS) is 33.3. The number of unbranched alkanes of at least 4 members (excludes halogenated alkanes) is 4. The molecule has 2 unspecified atom stereocenters. The fraction of sp³-hybridized carbons (Fsp3) is 1.00. The number of ether oxygens (including phenoxy) is 3. The summed E-state index contributed by atoms with van der Waals surface area (Å²) in [6.45, 7) is 20.9. The van der Waals surface area contributed by atoms with Crippen molar-refractivity contribution in [3.05, 3.63) is 0 Å². The molecule has 0 saturated heterocycles. The van der Waals surface area contributed by atoms with Gasteiger partial charge in [0.1, 0.15) is 0 Å². The summed E-state index contributed by atoms with van der Waals surface area (Å²) in [5, 5.41) is 0. The van der Waals surface area contributed by atoms with E-state index >= 15 is 0 Å². The Bertz CT molecular complexity index is 935. The van der Waals surface area contributed by atoms with E-state index in [0.29, 0.717) is 78.9 Å². The molecule has 4 aliphatic carbocycles. The summed E-state index contributed by atoms with van der Waals surface area (Å²) in [5.41, 5.74) is 18.3. The summed E-state index contributed by atoms with van der Waals surface area (Å²) >= 11 is 0. The van der Waals surface area contributed by atoms with Crippen LogP contribution < -0.4 is 17.2 Å². The number of rotatable bonds is 25. The van der Waals surface area contributed by atoms with Gasteiger partial charge in [-0.3, -0.25) is 0 Å². The summed E-state index contributed by atoms with van der Waals surface area (Å²) in [6.07, 6.45) is 23.1. The van der Waals surface area contributed by atoms with Crippen LogP contribution >= 0.6 is 49.6 Å². The van der Waals surface area contributed by atoms with E-state index in [4.69, 9.17) is 31.4 Å². The number of hydrogen-bond donors (Lipinski definition) is 3.